The molecule has 0 radical (unpaired) electrons. The Morgan fingerprint density at radius 3 is 2.11 bits per heavy atom. The van der Waals surface area contributed by atoms with E-state index in [9.17, 15) is 13.2 Å². The summed E-state index contributed by atoms with van der Waals surface area (Å²) in [5, 5.41) is 4.69. The Morgan fingerprint density at radius 1 is 0.963 bits per heavy atom. The van der Waals surface area contributed by atoms with E-state index in [1.165, 1.54) is 23.5 Å². The van der Waals surface area contributed by atoms with Gasteiger partial charge in [0.1, 0.15) is 4.90 Å². The van der Waals surface area contributed by atoms with Gasteiger partial charge in [-0.1, -0.05) is 29.3 Å². The van der Waals surface area contributed by atoms with Crippen molar-refractivity contribution in [3.63, 3.8) is 0 Å². The number of benzene rings is 2. The predicted octanol–water partition coefficient (Wildman–Crippen LogP) is 5.42. The van der Waals surface area contributed by atoms with Crippen molar-refractivity contribution in [3.8, 4) is 0 Å². The first-order valence-electron chi connectivity index (χ1n) is 7.70. The third kappa shape index (κ3) is 4.44. The van der Waals surface area contributed by atoms with Crippen LogP contribution < -0.4 is 10.0 Å². The van der Waals surface area contributed by atoms with Crippen LogP contribution in [0, 0.1) is 6.92 Å². The van der Waals surface area contributed by atoms with Crippen LogP contribution in [-0.4, -0.2) is 14.3 Å². The van der Waals surface area contributed by atoms with E-state index in [-0.39, 0.29) is 20.8 Å². The van der Waals surface area contributed by atoms with Crippen LogP contribution >= 0.6 is 34.5 Å². The van der Waals surface area contributed by atoms with Gasteiger partial charge in [-0.2, -0.15) is 0 Å². The van der Waals surface area contributed by atoms with Crippen LogP contribution in [0.25, 0.3) is 0 Å². The van der Waals surface area contributed by atoms with E-state index in [1.54, 1.807) is 30.3 Å². The number of anilines is 2. The summed E-state index contributed by atoms with van der Waals surface area (Å²) in [4.78, 5) is 12.7. The highest BCUT2D eigenvalue weighted by atomic mass is 35.5. The summed E-state index contributed by atoms with van der Waals surface area (Å²) in [6.07, 6.45) is 0. The first-order valence-corrected chi connectivity index (χ1v) is 10.8. The Bertz CT molecular complexity index is 1070. The van der Waals surface area contributed by atoms with Crippen LogP contribution in [0.15, 0.2) is 58.8 Å². The topological polar surface area (TPSA) is 75.3 Å². The van der Waals surface area contributed by atoms with Gasteiger partial charge in [-0.15, -0.1) is 11.3 Å². The van der Waals surface area contributed by atoms with Gasteiger partial charge in [-0.3, -0.25) is 9.52 Å². The Morgan fingerprint density at radius 2 is 1.56 bits per heavy atom. The molecular weight excluding hydrogens is 427 g/mol. The number of rotatable bonds is 5. The fourth-order valence-electron chi connectivity index (χ4n) is 2.36. The minimum absolute atomic E-state index is 0.0326. The SMILES string of the molecule is Cc1ccsc1C(=O)Nc1ccc(NS(=O)(=O)c2c(Cl)cccc2Cl)cc1. The first-order chi connectivity index (χ1) is 12.8. The molecule has 3 rings (SSSR count). The van der Waals surface area contributed by atoms with E-state index >= 15 is 0 Å². The lowest BCUT2D eigenvalue weighted by molar-refractivity contribution is 0.103. The second kappa shape index (κ2) is 7.90. The van der Waals surface area contributed by atoms with Crippen molar-refractivity contribution in [1.82, 2.24) is 0 Å². The molecule has 0 spiro atoms. The molecule has 5 nitrogen and oxygen atoms in total. The molecule has 2 N–H and O–H groups in total. The lowest BCUT2D eigenvalue weighted by Gasteiger charge is -2.11. The number of thiophene rings is 1. The first kappa shape index (κ1) is 19.7. The molecule has 0 aliphatic heterocycles. The molecule has 3 aromatic rings. The molecular formula is C18H14Cl2N2O3S2. The molecule has 0 atom stereocenters. The van der Waals surface area contributed by atoms with Crippen molar-refractivity contribution < 1.29 is 13.2 Å². The van der Waals surface area contributed by atoms with E-state index in [0.29, 0.717) is 16.3 Å². The standard InChI is InChI=1S/C18H14Cl2N2O3S2/c1-11-9-10-26-16(11)18(23)21-12-5-7-13(8-6-12)22-27(24,25)17-14(19)3-2-4-15(17)20/h2-10,22H,1H3,(H,21,23). The number of carbonyl (C=O) groups is 1. The summed E-state index contributed by atoms with van der Waals surface area (Å²) in [6.45, 7) is 1.86. The van der Waals surface area contributed by atoms with Crippen molar-refractivity contribution in [1.29, 1.82) is 0 Å². The minimum atomic E-state index is -3.95. The zero-order chi connectivity index (χ0) is 19.6. The Balaban J connectivity index is 1.76. The predicted molar refractivity (Wildman–Crippen MR) is 111 cm³/mol. The molecule has 0 unspecified atom stereocenters. The number of amides is 1. The van der Waals surface area contributed by atoms with Crippen LogP contribution in [0.2, 0.25) is 10.0 Å². The van der Waals surface area contributed by atoms with Gasteiger partial charge in [0.05, 0.1) is 14.9 Å². The van der Waals surface area contributed by atoms with Crippen LogP contribution in [0.4, 0.5) is 11.4 Å². The van der Waals surface area contributed by atoms with Crippen LogP contribution in [-0.2, 0) is 10.0 Å². The molecule has 0 saturated carbocycles. The van der Waals surface area contributed by atoms with E-state index in [2.05, 4.69) is 10.0 Å². The zero-order valence-electron chi connectivity index (χ0n) is 14.0. The van der Waals surface area contributed by atoms with Gasteiger partial charge in [0, 0.05) is 11.4 Å². The highest BCUT2D eigenvalue weighted by Crippen LogP contribution is 2.30. The van der Waals surface area contributed by atoms with Crippen LogP contribution in [0.1, 0.15) is 15.2 Å². The van der Waals surface area contributed by atoms with Gasteiger partial charge in [0.2, 0.25) is 0 Å². The van der Waals surface area contributed by atoms with Gasteiger partial charge in [0.15, 0.2) is 0 Å². The number of sulfonamides is 1. The quantitative estimate of drug-likeness (QED) is 0.556. The van der Waals surface area contributed by atoms with E-state index < -0.39 is 10.0 Å². The molecule has 0 bridgehead atoms. The van der Waals surface area contributed by atoms with Gasteiger partial charge in [-0.25, -0.2) is 8.42 Å². The maximum absolute atomic E-state index is 12.6. The van der Waals surface area contributed by atoms with Crippen molar-refractivity contribution in [2.24, 2.45) is 0 Å². The number of hydrogen-bond donors (Lipinski definition) is 2. The normalized spacial score (nSPS) is 11.2. The number of carbonyl (C=O) groups excluding carboxylic acids is 1. The maximum atomic E-state index is 12.6. The van der Waals surface area contributed by atoms with Gasteiger partial charge in [-0.05, 0) is 60.3 Å². The number of halogens is 2. The largest absolute Gasteiger partial charge is 0.321 e. The lowest BCUT2D eigenvalue weighted by Crippen LogP contribution is -2.14. The third-order valence-electron chi connectivity index (χ3n) is 3.65. The summed E-state index contributed by atoms with van der Waals surface area (Å²) < 4.78 is 27.5. The van der Waals surface area contributed by atoms with Crippen LogP contribution in [0.3, 0.4) is 0 Å². The average molecular weight is 441 g/mol. The molecule has 0 aliphatic rings. The Labute approximate surface area is 171 Å². The summed E-state index contributed by atoms with van der Waals surface area (Å²) in [6, 6.07) is 12.6. The number of nitrogens with one attached hydrogen (secondary N) is 2. The van der Waals surface area contributed by atoms with Crippen molar-refractivity contribution >= 4 is 61.8 Å². The van der Waals surface area contributed by atoms with Crippen molar-refractivity contribution in [3.05, 3.63) is 74.4 Å². The average Bonchev–Trinajstić information content (AvgIpc) is 3.02. The highest BCUT2D eigenvalue weighted by molar-refractivity contribution is 7.93. The lowest BCUT2D eigenvalue weighted by atomic mass is 10.2. The number of hydrogen-bond acceptors (Lipinski definition) is 4. The number of aryl methyl sites for hydroxylation is 1. The maximum Gasteiger partial charge on any atom is 0.265 e. The fraction of sp³-hybridized carbons (Fsp3) is 0.0556. The summed E-state index contributed by atoms with van der Waals surface area (Å²) in [5.41, 5.74) is 1.77. The third-order valence-corrected chi connectivity index (χ3v) is 7.00. The van der Waals surface area contributed by atoms with E-state index in [4.69, 9.17) is 23.2 Å². The Hall–Kier alpha value is -2.06. The summed E-state index contributed by atoms with van der Waals surface area (Å²) >= 11 is 13.3. The monoisotopic (exact) mass is 440 g/mol. The second-order valence-electron chi connectivity index (χ2n) is 5.62. The molecule has 27 heavy (non-hydrogen) atoms. The molecule has 1 heterocycles. The van der Waals surface area contributed by atoms with Crippen molar-refractivity contribution in [2.45, 2.75) is 11.8 Å². The molecule has 0 fully saturated rings. The van der Waals surface area contributed by atoms with Gasteiger partial charge in [0.25, 0.3) is 15.9 Å². The van der Waals surface area contributed by atoms with E-state index in [1.807, 2.05) is 18.4 Å². The molecule has 1 amide bonds. The summed E-state index contributed by atoms with van der Waals surface area (Å²) in [5.74, 6) is -0.210. The molecule has 1 aromatic heterocycles. The Kier molecular flexibility index (Phi) is 5.76. The molecule has 140 valence electrons. The molecule has 0 aliphatic carbocycles. The molecule has 9 heteroatoms. The van der Waals surface area contributed by atoms with Gasteiger partial charge >= 0.3 is 0 Å². The minimum Gasteiger partial charge on any atom is -0.321 e. The zero-order valence-corrected chi connectivity index (χ0v) is 17.1. The van der Waals surface area contributed by atoms with Crippen LogP contribution in [0.5, 0.6) is 0 Å². The summed E-state index contributed by atoms with van der Waals surface area (Å²) in [7, 11) is -3.95. The van der Waals surface area contributed by atoms with Gasteiger partial charge < -0.3 is 5.32 Å². The molecule has 2 aromatic carbocycles. The second-order valence-corrected chi connectivity index (χ2v) is 8.97. The smallest absolute Gasteiger partial charge is 0.265 e. The van der Waals surface area contributed by atoms with Crippen molar-refractivity contribution in [2.75, 3.05) is 10.0 Å². The fourth-order valence-corrected chi connectivity index (χ4v) is 5.39. The molecule has 0 saturated heterocycles. The highest BCUT2D eigenvalue weighted by Gasteiger charge is 2.21. The van der Waals surface area contributed by atoms with E-state index in [0.717, 1.165) is 5.56 Å².